The molecule has 13 nitrogen and oxygen atoms in total. The molecule has 0 aromatic carbocycles. The molecule has 0 rings (SSSR count). The van der Waals surface area contributed by atoms with E-state index < -0.39 is 7.82 Å². The van der Waals surface area contributed by atoms with Crippen LogP contribution in [0.3, 0.4) is 0 Å². The maximum atomic E-state index is 8.88. The summed E-state index contributed by atoms with van der Waals surface area (Å²) in [6.45, 7) is 0. The second-order valence-corrected chi connectivity index (χ2v) is 1.84. The van der Waals surface area contributed by atoms with Gasteiger partial charge in [0.25, 0.3) is 0 Å². The van der Waals surface area contributed by atoms with Gasteiger partial charge >= 0.3 is 7.82 Å². The van der Waals surface area contributed by atoms with E-state index in [1.165, 1.54) is 0 Å². The van der Waals surface area contributed by atoms with Crippen molar-refractivity contribution in [3.63, 3.8) is 0 Å². The van der Waals surface area contributed by atoms with Gasteiger partial charge in [-0.3, -0.25) is 31.2 Å². The molecule has 14 heteroatoms. The van der Waals surface area contributed by atoms with Crippen LogP contribution in [0.5, 0.6) is 0 Å². The SMILES string of the molecule is O=P(O)(O)O.ONO.ONO.ONO. The van der Waals surface area contributed by atoms with Crippen molar-refractivity contribution in [1.29, 1.82) is 0 Å². The molecule has 0 aliphatic carbocycles. The summed E-state index contributed by atoms with van der Waals surface area (Å²) < 4.78 is 8.88. The number of hydrogen-bond donors (Lipinski definition) is 12. The Balaban J connectivity index is -0.0000000495. The molecule has 0 saturated carbocycles. The molecule has 0 aliphatic heterocycles. The van der Waals surface area contributed by atoms with Crippen LogP contribution < -0.4 is 16.9 Å². The average molecular weight is 245 g/mol. The summed E-state index contributed by atoms with van der Waals surface area (Å²) in [5.41, 5.74) is 2.25. The van der Waals surface area contributed by atoms with Crippen molar-refractivity contribution >= 4 is 7.82 Å². The maximum absolute atomic E-state index is 8.88. The van der Waals surface area contributed by atoms with Crippen molar-refractivity contribution < 1.29 is 50.5 Å². The van der Waals surface area contributed by atoms with Gasteiger partial charge in [-0.1, -0.05) is 16.9 Å². The highest BCUT2D eigenvalue weighted by Crippen LogP contribution is 2.25. The fraction of sp³-hybridized carbons (Fsp3) is 0. The Bertz CT molecular complexity index is 86.5. The van der Waals surface area contributed by atoms with Crippen LogP contribution in [0.25, 0.3) is 0 Å². The van der Waals surface area contributed by atoms with Crippen LogP contribution >= 0.6 is 7.82 Å². The zero-order chi connectivity index (χ0) is 12.6. The molecule has 0 aliphatic rings. The van der Waals surface area contributed by atoms with Gasteiger partial charge in [0.1, 0.15) is 0 Å². The van der Waals surface area contributed by atoms with Gasteiger partial charge in [-0.25, -0.2) is 4.57 Å². The van der Waals surface area contributed by atoms with Gasteiger partial charge in [-0.15, -0.1) is 0 Å². The van der Waals surface area contributed by atoms with Crippen LogP contribution in [0.4, 0.5) is 0 Å². The first kappa shape index (κ1) is 23.5. The van der Waals surface area contributed by atoms with Gasteiger partial charge in [-0.2, -0.15) is 0 Å². The Hall–Kier alpha value is -0.250. The zero-order valence-electron chi connectivity index (χ0n) is 6.38. The van der Waals surface area contributed by atoms with Crippen LogP contribution in [0.2, 0.25) is 0 Å². The maximum Gasteiger partial charge on any atom is 0.466 e. The standard InChI is InChI=1S/3H3NO2.H3O4P/c3*2-1-3;1-5(2,3)4/h3*1-3H;(H3,1,2,3,4). The number of phosphoric acid groups is 1. The molecule has 0 aromatic rings. The molecule has 0 spiro atoms. The minimum Gasteiger partial charge on any atom is -0.303 e. The van der Waals surface area contributed by atoms with E-state index in [-0.39, 0.29) is 0 Å². The Morgan fingerprint density at radius 3 is 0.643 bits per heavy atom. The third-order valence-corrected chi connectivity index (χ3v) is 0. The highest BCUT2D eigenvalue weighted by atomic mass is 31.2. The second-order valence-electron chi connectivity index (χ2n) is 0.813. The van der Waals surface area contributed by atoms with Crippen molar-refractivity contribution in [2.75, 3.05) is 0 Å². The lowest BCUT2D eigenvalue weighted by Gasteiger charge is -1.82. The molecule has 14 heavy (non-hydrogen) atoms. The number of hydrogen-bond acceptors (Lipinski definition) is 10. The molecule has 92 valence electrons. The summed E-state index contributed by atoms with van der Waals surface area (Å²) in [7, 11) is -4.64. The molecule has 0 amide bonds. The quantitative estimate of drug-likeness (QED) is 0.152. The number of rotatable bonds is 0. The Morgan fingerprint density at radius 1 is 0.643 bits per heavy atom. The van der Waals surface area contributed by atoms with Gasteiger partial charge in [0.05, 0.1) is 0 Å². The Morgan fingerprint density at radius 2 is 0.643 bits per heavy atom. The van der Waals surface area contributed by atoms with E-state index in [2.05, 4.69) is 0 Å². The summed E-state index contributed by atoms with van der Waals surface area (Å²) in [5, 5.41) is 41.2. The summed E-state index contributed by atoms with van der Waals surface area (Å²) >= 11 is 0. The molecule has 0 saturated heterocycles. The molecular formula is H12N3O10P. The van der Waals surface area contributed by atoms with E-state index in [4.69, 9.17) is 50.5 Å². The van der Waals surface area contributed by atoms with Gasteiger partial charge in [-0.05, 0) is 0 Å². The van der Waals surface area contributed by atoms with Crippen molar-refractivity contribution in [1.82, 2.24) is 16.9 Å². The minimum atomic E-state index is -4.64. The fourth-order valence-electron chi connectivity index (χ4n) is 0. The van der Waals surface area contributed by atoms with E-state index in [0.29, 0.717) is 0 Å². The van der Waals surface area contributed by atoms with E-state index in [0.717, 1.165) is 16.9 Å². The van der Waals surface area contributed by atoms with E-state index in [1.54, 1.807) is 0 Å². The topological polar surface area (TPSA) is 235 Å². The Labute approximate surface area is 76.5 Å². The molecule has 0 atom stereocenters. The lowest BCUT2D eigenvalue weighted by Crippen LogP contribution is -1.93. The third kappa shape index (κ3) is 21700. The second kappa shape index (κ2) is 23.0. The van der Waals surface area contributed by atoms with Crippen molar-refractivity contribution in [2.24, 2.45) is 0 Å². The molecule has 0 radical (unpaired) electrons. The molecule has 0 bridgehead atoms. The van der Waals surface area contributed by atoms with E-state index >= 15 is 0 Å². The molecule has 0 aromatic heterocycles. The molecule has 0 fully saturated rings. The monoisotopic (exact) mass is 245 g/mol. The minimum absolute atomic E-state index is 0.750. The first-order valence-electron chi connectivity index (χ1n) is 2.12. The summed E-state index contributed by atoms with van der Waals surface area (Å²) in [6, 6.07) is 0. The zero-order valence-corrected chi connectivity index (χ0v) is 7.27. The molecular weight excluding hydrogens is 233 g/mol. The van der Waals surface area contributed by atoms with E-state index in [9.17, 15) is 0 Å². The van der Waals surface area contributed by atoms with E-state index in [1.807, 2.05) is 0 Å². The highest BCUT2D eigenvalue weighted by Gasteiger charge is 2.00. The van der Waals surface area contributed by atoms with Crippen LogP contribution in [0.15, 0.2) is 0 Å². The fourth-order valence-corrected chi connectivity index (χ4v) is 0. The number of nitrogens with one attached hydrogen (secondary N) is 3. The van der Waals surface area contributed by atoms with Crippen LogP contribution in [-0.4, -0.2) is 45.9 Å². The summed E-state index contributed by atoms with van der Waals surface area (Å²) in [6.07, 6.45) is 0. The molecule has 0 heterocycles. The third-order valence-electron chi connectivity index (χ3n) is 0. The molecule has 12 N–H and O–H groups in total. The summed E-state index contributed by atoms with van der Waals surface area (Å²) in [4.78, 5) is 21.6. The Kier molecular flexibility index (Phi) is 38.6. The largest absolute Gasteiger partial charge is 0.466 e. The van der Waals surface area contributed by atoms with Crippen LogP contribution in [0, 0.1) is 0 Å². The lowest BCUT2D eigenvalue weighted by atomic mass is 13.3. The smallest absolute Gasteiger partial charge is 0.303 e. The normalized spacial score (nSPS) is 8.07. The van der Waals surface area contributed by atoms with Gasteiger partial charge in [0.2, 0.25) is 0 Å². The van der Waals surface area contributed by atoms with Gasteiger partial charge in [0, 0.05) is 0 Å². The van der Waals surface area contributed by atoms with Crippen molar-refractivity contribution in [3.8, 4) is 0 Å². The van der Waals surface area contributed by atoms with Gasteiger partial charge < -0.3 is 14.7 Å². The summed E-state index contributed by atoms with van der Waals surface area (Å²) in [5.74, 6) is 0. The van der Waals surface area contributed by atoms with Crippen molar-refractivity contribution in [2.45, 2.75) is 0 Å². The first-order valence-corrected chi connectivity index (χ1v) is 3.69. The molecule has 0 unspecified atom stereocenters. The first-order chi connectivity index (χ1) is 6.24. The average Bonchev–Trinajstić information content (AvgIpc) is 1.86. The van der Waals surface area contributed by atoms with Gasteiger partial charge in [0.15, 0.2) is 0 Å². The van der Waals surface area contributed by atoms with Crippen molar-refractivity contribution in [3.05, 3.63) is 0 Å². The van der Waals surface area contributed by atoms with Crippen LogP contribution in [0.1, 0.15) is 0 Å². The predicted octanol–water partition coefficient (Wildman–Crippen LogP) is -2.87. The highest BCUT2D eigenvalue weighted by molar-refractivity contribution is 7.45. The van der Waals surface area contributed by atoms with Crippen LogP contribution in [-0.2, 0) is 4.57 Å². The predicted molar refractivity (Wildman–Crippen MR) is 34.4 cm³/mol. The lowest BCUT2D eigenvalue weighted by molar-refractivity contribution is -0.0682.